The number of piperazine rings is 1. The van der Waals surface area contributed by atoms with E-state index in [0.29, 0.717) is 12.1 Å². The van der Waals surface area contributed by atoms with Crippen LogP contribution in [0, 0.1) is 0 Å². The zero-order chi connectivity index (χ0) is 13.9. The molecule has 2 unspecified atom stereocenters. The Bertz CT molecular complexity index is 578. The maximum Gasteiger partial charge on any atom is 0.159 e. The molecule has 0 spiro atoms. The van der Waals surface area contributed by atoms with Crippen LogP contribution in [0.4, 0.5) is 5.82 Å². The number of nitrogens with one attached hydrogen (secondary N) is 1. The lowest BCUT2D eigenvalue weighted by Gasteiger charge is -2.40. The van der Waals surface area contributed by atoms with Crippen LogP contribution < -0.4 is 10.2 Å². The van der Waals surface area contributed by atoms with Crippen molar-refractivity contribution in [3.8, 4) is 0 Å². The summed E-state index contributed by atoms with van der Waals surface area (Å²) in [4.78, 5) is 2.44. The van der Waals surface area contributed by atoms with Crippen LogP contribution in [-0.4, -0.2) is 35.4 Å². The van der Waals surface area contributed by atoms with Gasteiger partial charge in [-0.15, -0.1) is 5.10 Å². The topological polar surface area (TPSA) is 41.1 Å². The standard InChI is InChI=1S/C16H22N4/c1-3-13-11-20(14(4-2)10-17-13)16-15-8-6-5-7-12(15)9-18-19-16/h5-9,13-14,17H,3-4,10-11H2,1-2H3. The van der Waals surface area contributed by atoms with Crippen LogP contribution in [0.2, 0.25) is 0 Å². The van der Waals surface area contributed by atoms with E-state index in [1.807, 2.05) is 6.20 Å². The van der Waals surface area contributed by atoms with Crippen molar-refractivity contribution in [2.45, 2.75) is 38.8 Å². The zero-order valence-corrected chi connectivity index (χ0v) is 12.2. The molecule has 3 rings (SSSR count). The summed E-state index contributed by atoms with van der Waals surface area (Å²) in [5.74, 6) is 1.04. The monoisotopic (exact) mass is 270 g/mol. The van der Waals surface area contributed by atoms with Crippen molar-refractivity contribution in [3.63, 3.8) is 0 Å². The van der Waals surface area contributed by atoms with Crippen molar-refractivity contribution in [1.29, 1.82) is 0 Å². The van der Waals surface area contributed by atoms with Gasteiger partial charge in [0, 0.05) is 35.9 Å². The fraction of sp³-hybridized carbons (Fsp3) is 0.500. The number of anilines is 1. The Hall–Kier alpha value is -1.68. The molecule has 2 aromatic rings. The van der Waals surface area contributed by atoms with Gasteiger partial charge >= 0.3 is 0 Å². The summed E-state index contributed by atoms with van der Waals surface area (Å²) >= 11 is 0. The minimum Gasteiger partial charge on any atom is -0.349 e. The van der Waals surface area contributed by atoms with Gasteiger partial charge < -0.3 is 10.2 Å². The Kier molecular flexibility index (Phi) is 3.83. The van der Waals surface area contributed by atoms with Gasteiger partial charge in [0.25, 0.3) is 0 Å². The molecule has 4 heteroatoms. The van der Waals surface area contributed by atoms with Crippen molar-refractivity contribution in [2.75, 3.05) is 18.0 Å². The molecule has 1 aliphatic heterocycles. The van der Waals surface area contributed by atoms with Gasteiger partial charge in [-0.05, 0) is 12.8 Å². The van der Waals surface area contributed by atoms with Crippen LogP contribution in [0.15, 0.2) is 30.5 Å². The molecule has 2 atom stereocenters. The molecular weight excluding hydrogens is 248 g/mol. The summed E-state index contributed by atoms with van der Waals surface area (Å²) in [5.41, 5.74) is 0. The predicted octanol–water partition coefficient (Wildman–Crippen LogP) is 2.60. The van der Waals surface area contributed by atoms with Gasteiger partial charge in [-0.3, -0.25) is 0 Å². The highest BCUT2D eigenvalue weighted by Gasteiger charge is 2.28. The molecule has 1 N–H and O–H groups in total. The number of hydrogen-bond donors (Lipinski definition) is 1. The van der Waals surface area contributed by atoms with Crippen molar-refractivity contribution in [2.24, 2.45) is 0 Å². The predicted molar refractivity (Wildman–Crippen MR) is 83.0 cm³/mol. The molecule has 2 heterocycles. The number of benzene rings is 1. The highest BCUT2D eigenvalue weighted by molar-refractivity contribution is 5.91. The molecule has 0 aliphatic carbocycles. The fourth-order valence-corrected chi connectivity index (χ4v) is 2.99. The summed E-state index contributed by atoms with van der Waals surface area (Å²) in [5, 5.41) is 14.6. The fourth-order valence-electron chi connectivity index (χ4n) is 2.99. The van der Waals surface area contributed by atoms with E-state index in [9.17, 15) is 0 Å². The molecule has 1 saturated heterocycles. The molecule has 1 fully saturated rings. The van der Waals surface area contributed by atoms with Gasteiger partial charge in [-0.1, -0.05) is 38.1 Å². The normalized spacial score (nSPS) is 23.2. The quantitative estimate of drug-likeness (QED) is 0.931. The SMILES string of the molecule is CCC1CN(c2nncc3ccccc23)C(CC)CN1. The van der Waals surface area contributed by atoms with Crippen LogP contribution in [0.25, 0.3) is 10.8 Å². The van der Waals surface area contributed by atoms with Gasteiger partial charge in [-0.25, -0.2) is 0 Å². The van der Waals surface area contributed by atoms with E-state index in [-0.39, 0.29) is 0 Å². The average Bonchev–Trinajstić information content (AvgIpc) is 2.53. The van der Waals surface area contributed by atoms with E-state index in [4.69, 9.17) is 0 Å². The second kappa shape index (κ2) is 5.75. The second-order valence-corrected chi connectivity index (χ2v) is 5.48. The Balaban J connectivity index is 2.03. The summed E-state index contributed by atoms with van der Waals surface area (Å²) in [6.45, 7) is 6.51. The molecule has 20 heavy (non-hydrogen) atoms. The van der Waals surface area contributed by atoms with Crippen molar-refractivity contribution < 1.29 is 0 Å². The van der Waals surface area contributed by atoms with Gasteiger partial charge in [0.1, 0.15) is 0 Å². The lowest BCUT2D eigenvalue weighted by atomic mass is 10.0. The number of fused-ring (bicyclic) bond motifs is 1. The first-order valence-corrected chi connectivity index (χ1v) is 7.54. The second-order valence-electron chi connectivity index (χ2n) is 5.48. The average molecular weight is 270 g/mol. The molecule has 0 saturated carbocycles. The van der Waals surface area contributed by atoms with Gasteiger partial charge in [0.05, 0.1) is 6.20 Å². The Morgan fingerprint density at radius 1 is 1.25 bits per heavy atom. The van der Waals surface area contributed by atoms with Crippen LogP contribution >= 0.6 is 0 Å². The van der Waals surface area contributed by atoms with Crippen molar-refractivity contribution in [3.05, 3.63) is 30.5 Å². The lowest BCUT2D eigenvalue weighted by Crippen LogP contribution is -2.56. The molecule has 106 valence electrons. The van der Waals surface area contributed by atoms with Crippen LogP contribution in [0.5, 0.6) is 0 Å². The summed E-state index contributed by atoms with van der Waals surface area (Å²) < 4.78 is 0. The first kappa shape index (κ1) is 13.3. The molecule has 1 aromatic carbocycles. The smallest absolute Gasteiger partial charge is 0.159 e. The first-order chi connectivity index (χ1) is 9.83. The van der Waals surface area contributed by atoms with Crippen LogP contribution in [-0.2, 0) is 0 Å². The number of aromatic nitrogens is 2. The Labute approximate surface area is 120 Å². The maximum absolute atomic E-state index is 4.45. The Morgan fingerprint density at radius 3 is 2.90 bits per heavy atom. The molecule has 0 radical (unpaired) electrons. The third-order valence-electron chi connectivity index (χ3n) is 4.29. The van der Waals surface area contributed by atoms with Crippen molar-refractivity contribution >= 4 is 16.6 Å². The molecule has 1 aliphatic rings. The number of rotatable bonds is 3. The molecular formula is C16H22N4. The van der Waals surface area contributed by atoms with E-state index in [1.54, 1.807) is 0 Å². The molecule has 4 nitrogen and oxygen atoms in total. The highest BCUT2D eigenvalue weighted by atomic mass is 15.3. The Morgan fingerprint density at radius 2 is 2.10 bits per heavy atom. The number of hydrogen-bond acceptors (Lipinski definition) is 4. The first-order valence-electron chi connectivity index (χ1n) is 7.54. The summed E-state index contributed by atoms with van der Waals surface area (Å²) in [7, 11) is 0. The van der Waals surface area contributed by atoms with E-state index < -0.39 is 0 Å². The van der Waals surface area contributed by atoms with Crippen LogP contribution in [0.3, 0.4) is 0 Å². The summed E-state index contributed by atoms with van der Waals surface area (Å²) in [6.07, 6.45) is 4.11. The minimum atomic E-state index is 0.498. The van der Waals surface area contributed by atoms with Gasteiger partial charge in [0.2, 0.25) is 0 Å². The minimum absolute atomic E-state index is 0.498. The van der Waals surface area contributed by atoms with E-state index in [0.717, 1.165) is 31.7 Å². The summed E-state index contributed by atoms with van der Waals surface area (Å²) in [6, 6.07) is 9.42. The molecule has 1 aromatic heterocycles. The van der Waals surface area contributed by atoms with Crippen molar-refractivity contribution in [1.82, 2.24) is 15.5 Å². The molecule has 0 amide bonds. The largest absolute Gasteiger partial charge is 0.349 e. The zero-order valence-electron chi connectivity index (χ0n) is 12.2. The van der Waals surface area contributed by atoms with E-state index in [2.05, 4.69) is 58.5 Å². The van der Waals surface area contributed by atoms with Gasteiger partial charge in [-0.2, -0.15) is 5.10 Å². The lowest BCUT2D eigenvalue weighted by molar-refractivity contribution is 0.377. The van der Waals surface area contributed by atoms with E-state index >= 15 is 0 Å². The molecule has 0 bridgehead atoms. The van der Waals surface area contributed by atoms with E-state index in [1.165, 1.54) is 10.8 Å². The third kappa shape index (κ3) is 2.36. The number of nitrogens with zero attached hydrogens (tertiary/aromatic N) is 3. The van der Waals surface area contributed by atoms with Crippen LogP contribution in [0.1, 0.15) is 26.7 Å². The van der Waals surface area contributed by atoms with Gasteiger partial charge in [0.15, 0.2) is 5.82 Å². The highest BCUT2D eigenvalue weighted by Crippen LogP contribution is 2.27. The third-order valence-corrected chi connectivity index (χ3v) is 4.29. The maximum atomic E-state index is 4.45.